The van der Waals surface area contributed by atoms with Crippen LogP contribution in [0.3, 0.4) is 0 Å². The van der Waals surface area contributed by atoms with Crippen molar-refractivity contribution in [3.8, 4) is 17.1 Å². The first-order valence-electron chi connectivity index (χ1n) is 10.5. The molecule has 176 valence electrons. The minimum absolute atomic E-state index is 0.00537. The van der Waals surface area contributed by atoms with Gasteiger partial charge in [-0.3, -0.25) is 4.98 Å². The van der Waals surface area contributed by atoms with Crippen LogP contribution in [0.4, 0.5) is 5.69 Å². The quantitative estimate of drug-likeness (QED) is 0.263. The number of carboxylic acids is 1. The molecule has 0 unspecified atom stereocenters. The summed E-state index contributed by atoms with van der Waals surface area (Å²) in [7, 11) is 0. The first-order valence-corrected chi connectivity index (χ1v) is 11.6. The number of benzene rings is 2. The summed E-state index contributed by atoms with van der Waals surface area (Å²) in [6.45, 7) is 0. The number of nitrogens with one attached hydrogen (secondary N) is 1. The van der Waals surface area contributed by atoms with Crippen LogP contribution >= 0.6 is 35.4 Å². The van der Waals surface area contributed by atoms with Crippen molar-refractivity contribution in [3.05, 3.63) is 100.0 Å². The van der Waals surface area contributed by atoms with E-state index < -0.39 is 18.1 Å². The van der Waals surface area contributed by atoms with Gasteiger partial charge in [-0.15, -0.1) is 0 Å². The molecule has 10 heteroatoms. The van der Waals surface area contributed by atoms with Gasteiger partial charge in [0.05, 0.1) is 28.0 Å². The highest BCUT2D eigenvalue weighted by Crippen LogP contribution is 2.46. The van der Waals surface area contributed by atoms with Crippen LogP contribution in [0.1, 0.15) is 33.9 Å². The SMILES string of the molecule is O=C(O)c1ccc(Cl)c(-c2ccc([C@@H]3[C@H](c4ccccn4)NC(=S)N3c3cc(Cl)ccc3O)o2)c1. The normalized spacial score (nSPS) is 17.4. The van der Waals surface area contributed by atoms with Crippen molar-refractivity contribution in [2.24, 2.45) is 0 Å². The number of rotatable bonds is 5. The molecule has 1 aliphatic heterocycles. The lowest BCUT2D eigenvalue weighted by atomic mass is 10.0. The Labute approximate surface area is 215 Å². The van der Waals surface area contributed by atoms with Crippen LogP contribution in [0.2, 0.25) is 10.0 Å². The van der Waals surface area contributed by atoms with Gasteiger partial charge in [-0.05, 0) is 72.9 Å². The van der Waals surface area contributed by atoms with Crippen molar-refractivity contribution < 1.29 is 19.4 Å². The molecule has 0 spiro atoms. The minimum atomic E-state index is -1.07. The summed E-state index contributed by atoms with van der Waals surface area (Å²) < 4.78 is 6.23. The first-order chi connectivity index (χ1) is 16.8. The smallest absolute Gasteiger partial charge is 0.335 e. The maximum absolute atomic E-state index is 11.5. The van der Waals surface area contributed by atoms with Gasteiger partial charge in [0.2, 0.25) is 0 Å². The number of aromatic hydroxyl groups is 1. The Kier molecular flexibility index (Phi) is 6.10. The molecule has 0 bridgehead atoms. The van der Waals surface area contributed by atoms with Gasteiger partial charge in [-0.1, -0.05) is 29.3 Å². The number of phenolic OH excluding ortho intramolecular Hbond substituents is 1. The molecule has 4 aromatic rings. The van der Waals surface area contributed by atoms with Gasteiger partial charge < -0.3 is 24.8 Å². The van der Waals surface area contributed by atoms with E-state index in [9.17, 15) is 15.0 Å². The summed E-state index contributed by atoms with van der Waals surface area (Å²) >= 11 is 18.2. The number of hydrogen-bond acceptors (Lipinski definition) is 5. The van der Waals surface area contributed by atoms with E-state index in [4.69, 9.17) is 39.8 Å². The predicted molar refractivity (Wildman–Crippen MR) is 137 cm³/mol. The highest BCUT2D eigenvalue weighted by molar-refractivity contribution is 7.80. The van der Waals surface area contributed by atoms with Crippen LogP contribution < -0.4 is 10.2 Å². The number of nitrogens with zero attached hydrogens (tertiary/aromatic N) is 2. The van der Waals surface area contributed by atoms with Crippen LogP contribution in [0, 0.1) is 0 Å². The predicted octanol–water partition coefficient (Wildman–Crippen LogP) is 6.23. The van der Waals surface area contributed by atoms with E-state index in [1.807, 2.05) is 18.2 Å². The van der Waals surface area contributed by atoms with Crippen molar-refractivity contribution in [2.75, 3.05) is 4.90 Å². The third-order valence-electron chi connectivity index (χ3n) is 5.69. The molecule has 0 radical (unpaired) electrons. The zero-order valence-corrected chi connectivity index (χ0v) is 20.2. The second-order valence-corrected chi connectivity index (χ2v) is 9.06. The topological polar surface area (TPSA) is 98.8 Å². The van der Waals surface area contributed by atoms with Crippen molar-refractivity contribution in [2.45, 2.75) is 12.1 Å². The van der Waals surface area contributed by atoms with E-state index in [1.54, 1.807) is 35.4 Å². The maximum Gasteiger partial charge on any atom is 0.335 e. The molecule has 35 heavy (non-hydrogen) atoms. The fourth-order valence-electron chi connectivity index (χ4n) is 4.10. The Balaban J connectivity index is 1.64. The number of phenols is 1. The summed E-state index contributed by atoms with van der Waals surface area (Å²) in [6.07, 6.45) is 1.68. The van der Waals surface area contributed by atoms with Crippen molar-refractivity contribution >= 4 is 52.2 Å². The number of furan rings is 1. The molecular weight excluding hydrogens is 509 g/mol. The molecule has 2 aromatic carbocycles. The number of thiocarbonyl (C=S) groups is 1. The molecule has 0 aliphatic carbocycles. The molecule has 1 fully saturated rings. The molecule has 7 nitrogen and oxygen atoms in total. The zero-order valence-electron chi connectivity index (χ0n) is 17.9. The van der Waals surface area contributed by atoms with Crippen molar-refractivity contribution in [1.82, 2.24) is 10.3 Å². The van der Waals surface area contributed by atoms with E-state index in [0.29, 0.717) is 43.6 Å². The molecule has 1 saturated heterocycles. The van der Waals surface area contributed by atoms with Crippen molar-refractivity contribution in [1.29, 1.82) is 0 Å². The highest BCUT2D eigenvalue weighted by Gasteiger charge is 2.43. The van der Waals surface area contributed by atoms with E-state index >= 15 is 0 Å². The van der Waals surface area contributed by atoms with Gasteiger partial charge in [0.15, 0.2) is 5.11 Å². The van der Waals surface area contributed by atoms with E-state index in [2.05, 4.69) is 10.3 Å². The molecule has 5 rings (SSSR count). The number of halogens is 2. The molecule has 1 aliphatic rings. The average Bonchev–Trinajstić information content (AvgIpc) is 3.46. The second kappa shape index (κ2) is 9.22. The van der Waals surface area contributed by atoms with Crippen molar-refractivity contribution in [3.63, 3.8) is 0 Å². The number of carbonyl (C=O) groups is 1. The molecular formula is C25H17Cl2N3O4S. The van der Waals surface area contributed by atoms with Crippen LogP contribution in [-0.4, -0.2) is 26.3 Å². The summed E-state index contributed by atoms with van der Waals surface area (Å²) in [5.74, 6) is -0.188. The maximum atomic E-state index is 11.5. The largest absolute Gasteiger partial charge is 0.506 e. The third-order valence-corrected chi connectivity index (χ3v) is 6.57. The Morgan fingerprint density at radius 1 is 1.09 bits per heavy atom. The summed E-state index contributed by atoms with van der Waals surface area (Å²) in [5.41, 5.74) is 1.65. The zero-order chi connectivity index (χ0) is 24.7. The van der Waals surface area contributed by atoms with Crippen LogP contribution in [0.25, 0.3) is 11.3 Å². The number of carboxylic acid groups (broad SMARTS) is 1. The number of hydrogen-bond donors (Lipinski definition) is 3. The Morgan fingerprint density at radius 3 is 2.66 bits per heavy atom. The average molecular weight is 526 g/mol. The van der Waals surface area contributed by atoms with Gasteiger partial charge in [0, 0.05) is 16.8 Å². The van der Waals surface area contributed by atoms with Crippen LogP contribution in [0.15, 0.2) is 77.3 Å². The third kappa shape index (κ3) is 4.32. The molecule has 2 atom stereocenters. The van der Waals surface area contributed by atoms with Gasteiger partial charge in [-0.25, -0.2) is 4.79 Å². The van der Waals surface area contributed by atoms with Gasteiger partial charge in [-0.2, -0.15) is 0 Å². The van der Waals surface area contributed by atoms with Crippen LogP contribution in [0.5, 0.6) is 5.75 Å². The Morgan fingerprint density at radius 2 is 1.91 bits per heavy atom. The summed E-state index contributed by atoms with van der Waals surface area (Å²) in [6, 6.07) is 17.2. The highest BCUT2D eigenvalue weighted by atomic mass is 35.5. The lowest BCUT2D eigenvalue weighted by molar-refractivity contribution is 0.0697. The number of aromatic carboxylic acids is 1. The number of anilines is 1. The molecule has 2 aromatic heterocycles. The standard InChI is InChI=1S/C25H17Cl2N3O4S/c26-14-5-7-19(31)18(12-14)30-23(22(29-25(30)35)17-3-1-2-10-28-17)21-9-8-20(34-21)15-11-13(24(32)33)4-6-16(15)27/h1-12,22-23,31H,(H,29,35)(H,32,33)/t22-,23+/m0/s1. The Hall–Kier alpha value is -3.59. The fourth-order valence-corrected chi connectivity index (χ4v) is 4.81. The lowest BCUT2D eigenvalue weighted by Gasteiger charge is -2.26. The lowest BCUT2D eigenvalue weighted by Crippen LogP contribution is -2.29. The van der Waals surface area contributed by atoms with Crippen LogP contribution in [-0.2, 0) is 0 Å². The van der Waals surface area contributed by atoms with E-state index in [0.717, 1.165) is 0 Å². The summed E-state index contributed by atoms with van der Waals surface area (Å²) in [4.78, 5) is 17.7. The van der Waals surface area contributed by atoms with E-state index in [-0.39, 0.29) is 11.3 Å². The van der Waals surface area contributed by atoms with Gasteiger partial charge in [0.25, 0.3) is 0 Å². The Bertz CT molecular complexity index is 1440. The second-order valence-electron chi connectivity index (χ2n) is 7.83. The minimum Gasteiger partial charge on any atom is -0.506 e. The molecule has 0 saturated carbocycles. The fraction of sp³-hybridized carbons (Fsp3) is 0.0800. The number of aromatic nitrogens is 1. The number of pyridine rings is 1. The molecule has 0 amide bonds. The molecule has 3 heterocycles. The summed E-state index contributed by atoms with van der Waals surface area (Å²) in [5, 5.41) is 24.4. The monoisotopic (exact) mass is 525 g/mol. The van der Waals surface area contributed by atoms with Gasteiger partial charge >= 0.3 is 5.97 Å². The van der Waals surface area contributed by atoms with Gasteiger partial charge in [0.1, 0.15) is 23.3 Å². The van der Waals surface area contributed by atoms with E-state index in [1.165, 1.54) is 24.3 Å². The molecule has 3 N–H and O–H groups in total. The first kappa shape index (κ1) is 23.2.